The number of nitrogens with one attached hydrogen (secondary N) is 1. The minimum Gasteiger partial charge on any atom is -0.382 e. The third kappa shape index (κ3) is 2.86. The maximum absolute atomic E-state index is 11.7. The third-order valence-electron chi connectivity index (χ3n) is 2.95. The van der Waals surface area contributed by atoms with Gasteiger partial charge < -0.3 is 9.84 Å². The molecule has 0 bridgehead atoms. The van der Waals surface area contributed by atoms with Crippen molar-refractivity contribution in [3.05, 3.63) is 38.0 Å². The predicted octanol–water partition coefficient (Wildman–Crippen LogP) is 1.80. The SMILES string of the molecule is Cc1noc(C)c1CCNc1cnn(C)c(=O)c1Br. The topological polar surface area (TPSA) is 73.0 Å². The Hall–Kier alpha value is -1.63. The van der Waals surface area contributed by atoms with E-state index < -0.39 is 0 Å². The van der Waals surface area contributed by atoms with Crippen molar-refractivity contribution in [1.29, 1.82) is 0 Å². The zero-order chi connectivity index (χ0) is 14.0. The van der Waals surface area contributed by atoms with Gasteiger partial charge in [-0.3, -0.25) is 4.79 Å². The number of aryl methyl sites for hydroxylation is 3. The molecule has 19 heavy (non-hydrogen) atoms. The molecular weight excluding hydrogens is 312 g/mol. The minimum atomic E-state index is -0.165. The summed E-state index contributed by atoms with van der Waals surface area (Å²) in [7, 11) is 1.61. The van der Waals surface area contributed by atoms with Gasteiger partial charge in [-0.25, -0.2) is 4.68 Å². The first-order chi connectivity index (χ1) is 9.00. The summed E-state index contributed by atoms with van der Waals surface area (Å²) in [6.07, 6.45) is 2.40. The van der Waals surface area contributed by atoms with Crippen LogP contribution in [0, 0.1) is 13.8 Å². The van der Waals surface area contributed by atoms with Crippen LogP contribution in [-0.2, 0) is 13.5 Å². The lowest BCUT2D eigenvalue weighted by atomic mass is 10.1. The molecule has 0 saturated heterocycles. The molecule has 7 heteroatoms. The van der Waals surface area contributed by atoms with E-state index in [0.29, 0.717) is 16.7 Å². The Morgan fingerprint density at radius 1 is 1.47 bits per heavy atom. The third-order valence-corrected chi connectivity index (χ3v) is 3.72. The first-order valence-electron chi connectivity index (χ1n) is 5.88. The number of aromatic nitrogens is 3. The molecule has 0 fully saturated rings. The summed E-state index contributed by atoms with van der Waals surface area (Å²) in [5, 5.41) is 11.1. The van der Waals surface area contributed by atoms with Crippen LogP contribution in [0.15, 0.2) is 20.0 Å². The van der Waals surface area contributed by atoms with Crippen LogP contribution in [0.4, 0.5) is 5.69 Å². The molecule has 2 rings (SSSR count). The quantitative estimate of drug-likeness (QED) is 0.927. The van der Waals surface area contributed by atoms with Crippen LogP contribution in [0.5, 0.6) is 0 Å². The van der Waals surface area contributed by atoms with E-state index >= 15 is 0 Å². The van der Waals surface area contributed by atoms with Gasteiger partial charge in [0.25, 0.3) is 5.56 Å². The minimum absolute atomic E-state index is 0.165. The van der Waals surface area contributed by atoms with Crippen LogP contribution in [0.3, 0.4) is 0 Å². The summed E-state index contributed by atoms with van der Waals surface area (Å²) in [6.45, 7) is 4.49. The van der Waals surface area contributed by atoms with Crippen molar-refractivity contribution in [1.82, 2.24) is 14.9 Å². The second-order valence-corrected chi connectivity index (χ2v) is 5.07. The lowest BCUT2D eigenvalue weighted by Gasteiger charge is -2.08. The van der Waals surface area contributed by atoms with Crippen LogP contribution in [0.25, 0.3) is 0 Å². The lowest BCUT2D eigenvalue weighted by Crippen LogP contribution is -2.21. The van der Waals surface area contributed by atoms with Crippen molar-refractivity contribution < 1.29 is 4.52 Å². The van der Waals surface area contributed by atoms with Gasteiger partial charge in [0, 0.05) is 19.2 Å². The van der Waals surface area contributed by atoms with Crippen LogP contribution in [0.2, 0.25) is 0 Å². The number of hydrogen-bond donors (Lipinski definition) is 1. The van der Waals surface area contributed by atoms with E-state index in [-0.39, 0.29) is 5.56 Å². The van der Waals surface area contributed by atoms with E-state index in [2.05, 4.69) is 31.5 Å². The standard InChI is InChI=1S/C12H15BrN4O2/c1-7-9(8(2)19-16-7)4-5-14-10-6-15-17(3)12(18)11(10)13/h6,14H,4-5H2,1-3H3. The molecule has 0 saturated carbocycles. The lowest BCUT2D eigenvalue weighted by molar-refractivity contribution is 0.392. The Labute approximate surface area is 118 Å². The zero-order valence-corrected chi connectivity index (χ0v) is 12.6. The first-order valence-corrected chi connectivity index (χ1v) is 6.67. The molecule has 0 aliphatic carbocycles. The first kappa shape index (κ1) is 13.8. The highest BCUT2D eigenvalue weighted by Gasteiger charge is 2.10. The second-order valence-electron chi connectivity index (χ2n) is 4.28. The van der Waals surface area contributed by atoms with E-state index in [1.165, 1.54) is 4.68 Å². The molecule has 102 valence electrons. The Morgan fingerprint density at radius 2 is 2.21 bits per heavy atom. The van der Waals surface area contributed by atoms with E-state index in [1.54, 1.807) is 13.2 Å². The average Bonchev–Trinajstić information content (AvgIpc) is 2.70. The zero-order valence-electron chi connectivity index (χ0n) is 11.0. The number of halogens is 1. The van der Waals surface area contributed by atoms with Gasteiger partial charge in [0.2, 0.25) is 0 Å². The van der Waals surface area contributed by atoms with Gasteiger partial charge in [-0.1, -0.05) is 5.16 Å². The largest absolute Gasteiger partial charge is 0.382 e. The van der Waals surface area contributed by atoms with Crippen molar-refractivity contribution in [2.45, 2.75) is 20.3 Å². The molecule has 0 amide bonds. The van der Waals surface area contributed by atoms with E-state index in [1.807, 2.05) is 13.8 Å². The van der Waals surface area contributed by atoms with Gasteiger partial charge in [-0.05, 0) is 36.2 Å². The Morgan fingerprint density at radius 3 is 2.84 bits per heavy atom. The number of nitrogens with zero attached hydrogens (tertiary/aromatic N) is 3. The molecule has 2 aromatic rings. The Kier molecular flexibility index (Phi) is 4.04. The summed E-state index contributed by atoms with van der Waals surface area (Å²) in [4.78, 5) is 11.7. The fourth-order valence-electron chi connectivity index (χ4n) is 1.81. The molecule has 2 heterocycles. The summed E-state index contributed by atoms with van der Waals surface area (Å²) < 4.78 is 6.87. The second kappa shape index (κ2) is 5.56. The van der Waals surface area contributed by atoms with Crippen molar-refractivity contribution >= 4 is 21.6 Å². The molecule has 0 radical (unpaired) electrons. The number of anilines is 1. The van der Waals surface area contributed by atoms with Gasteiger partial charge in [-0.15, -0.1) is 0 Å². The molecule has 0 aliphatic heterocycles. The van der Waals surface area contributed by atoms with Gasteiger partial charge >= 0.3 is 0 Å². The van der Waals surface area contributed by atoms with Crippen LogP contribution in [-0.4, -0.2) is 21.5 Å². The van der Waals surface area contributed by atoms with Crippen molar-refractivity contribution in [2.75, 3.05) is 11.9 Å². The van der Waals surface area contributed by atoms with Crippen molar-refractivity contribution in [2.24, 2.45) is 7.05 Å². The molecule has 0 atom stereocenters. The smallest absolute Gasteiger partial charge is 0.282 e. The van der Waals surface area contributed by atoms with Gasteiger partial charge in [0.1, 0.15) is 10.2 Å². The predicted molar refractivity (Wildman–Crippen MR) is 75.3 cm³/mol. The Bertz CT molecular complexity index is 628. The van der Waals surface area contributed by atoms with Crippen LogP contribution in [0.1, 0.15) is 17.0 Å². The Balaban J connectivity index is 2.04. The molecule has 0 aliphatic rings. The fraction of sp³-hybridized carbons (Fsp3) is 0.417. The van der Waals surface area contributed by atoms with E-state index in [0.717, 1.165) is 23.4 Å². The summed E-state index contributed by atoms with van der Waals surface area (Å²) >= 11 is 3.27. The molecule has 0 spiro atoms. The summed E-state index contributed by atoms with van der Waals surface area (Å²) in [6, 6.07) is 0. The van der Waals surface area contributed by atoms with E-state index in [4.69, 9.17) is 4.52 Å². The summed E-state index contributed by atoms with van der Waals surface area (Å²) in [5.74, 6) is 0.834. The van der Waals surface area contributed by atoms with Crippen molar-refractivity contribution in [3.63, 3.8) is 0 Å². The molecule has 1 N–H and O–H groups in total. The number of rotatable bonds is 4. The van der Waals surface area contributed by atoms with Gasteiger partial charge in [-0.2, -0.15) is 5.10 Å². The van der Waals surface area contributed by atoms with Gasteiger partial charge in [0.05, 0.1) is 17.6 Å². The molecule has 6 nitrogen and oxygen atoms in total. The molecule has 2 aromatic heterocycles. The van der Waals surface area contributed by atoms with Crippen molar-refractivity contribution in [3.8, 4) is 0 Å². The number of hydrogen-bond acceptors (Lipinski definition) is 5. The van der Waals surface area contributed by atoms with Gasteiger partial charge in [0.15, 0.2) is 0 Å². The molecule has 0 unspecified atom stereocenters. The highest BCUT2D eigenvalue weighted by molar-refractivity contribution is 9.10. The maximum atomic E-state index is 11.7. The monoisotopic (exact) mass is 326 g/mol. The average molecular weight is 327 g/mol. The maximum Gasteiger partial charge on any atom is 0.282 e. The highest BCUT2D eigenvalue weighted by Crippen LogP contribution is 2.17. The summed E-state index contributed by atoms with van der Waals surface area (Å²) in [5.41, 5.74) is 2.53. The van der Waals surface area contributed by atoms with Crippen LogP contribution >= 0.6 is 15.9 Å². The molecule has 0 aromatic carbocycles. The van der Waals surface area contributed by atoms with Crippen LogP contribution < -0.4 is 10.9 Å². The van der Waals surface area contributed by atoms with E-state index in [9.17, 15) is 4.79 Å². The fourth-order valence-corrected chi connectivity index (χ4v) is 2.31. The molecular formula is C12H15BrN4O2. The highest BCUT2D eigenvalue weighted by atomic mass is 79.9. The normalized spacial score (nSPS) is 10.7.